The lowest BCUT2D eigenvalue weighted by Crippen LogP contribution is -2.07. The van der Waals surface area contributed by atoms with Crippen LogP contribution in [-0.2, 0) is 12.6 Å². The Balaban J connectivity index is 3.14. The van der Waals surface area contributed by atoms with Gasteiger partial charge in [-0.3, -0.25) is 0 Å². The van der Waals surface area contributed by atoms with E-state index in [1.54, 1.807) is 6.07 Å². The van der Waals surface area contributed by atoms with Gasteiger partial charge in [0.2, 0.25) is 5.95 Å². The lowest BCUT2D eigenvalue weighted by atomic mass is 10.1. The number of alkyl halides is 3. The Labute approximate surface area is 76.8 Å². The van der Waals surface area contributed by atoms with Gasteiger partial charge in [0, 0.05) is 11.8 Å². The highest BCUT2D eigenvalue weighted by atomic mass is 19.4. The predicted molar refractivity (Wildman–Crippen MR) is 38.5 cm³/mol. The summed E-state index contributed by atoms with van der Waals surface area (Å²) in [4.78, 5) is 2.93. The number of hydrogen-bond acceptors (Lipinski definition) is 2. The van der Waals surface area contributed by atoms with Gasteiger partial charge in [-0.05, 0) is 6.07 Å². The Morgan fingerprint density at radius 3 is 2.57 bits per heavy atom. The molecule has 1 heterocycles. The highest BCUT2D eigenvalue weighted by Gasteiger charge is 2.31. The maximum atomic E-state index is 12.7. The van der Waals surface area contributed by atoms with Crippen molar-refractivity contribution in [2.75, 3.05) is 0 Å². The summed E-state index contributed by atoms with van der Waals surface area (Å²) in [5.74, 6) is -1.04. The first kappa shape index (κ1) is 10.4. The highest BCUT2D eigenvalue weighted by Crippen LogP contribution is 2.29. The third kappa shape index (κ3) is 2.19. The van der Waals surface area contributed by atoms with E-state index in [0.29, 0.717) is 12.3 Å². The van der Waals surface area contributed by atoms with Gasteiger partial charge in [-0.1, -0.05) is 0 Å². The second-order valence-electron chi connectivity index (χ2n) is 2.51. The molecule has 1 rings (SSSR count). The first-order chi connectivity index (χ1) is 6.45. The molecule has 0 atom stereocenters. The van der Waals surface area contributed by atoms with Crippen LogP contribution in [0.15, 0.2) is 12.3 Å². The number of pyridine rings is 1. The van der Waals surface area contributed by atoms with E-state index in [1.807, 2.05) is 0 Å². The Kier molecular flexibility index (Phi) is 2.70. The van der Waals surface area contributed by atoms with Gasteiger partial charge in [0.15, 0.2) is 0 Å². The topological polar surface area (TPSA) is 36.7 Å². The van der Waals surface area contributed by atoms with Crippen LogP contribution < -0.4 is 0 Å². The summed E-state index contributed by atoms with van der Waals surface area (Å²) >= 11 is 0. The molecule has 2 nitrogen and oxygen atoms in total. The van der Waals surface area contributed by atoms with Crippen LogP contribution in [-0.4, -0.2) is 4.98 Å². The first-order valence-electron chi connectivity index (χ1n) is 3.53. The Morgan fingerprint density at radius 1 is 1.43 bits per heavy atom. The largest absolute Gasteiger partial charge is 0.417 e. The van der Waals surface area contributed by atoms with E-state index in [-0.39, 0.29) is 5.56 Å². The smallest absolute Gasteiger partial charge is 0.227 e. The standard InChI is InChI=1S/C8H4F4N2/c9-7-5(1-2-13)3-6(4-14-7)8(10,11)12/h3-4H,1H2. The van der Waals surface area contributed by atoms with Crippen LogP contribution in [0.1, 0.15) is 11.1 Å². The van der Waals surface area contributed by atoms with Gasteiger partial charge in [-0.25, -0.2) is 4.98 Å². The van der Waals surface area contributed by atoms with Crippen LogP contribution in [0.25, 0.3) is 0 Å². The van der Waals surface area contributed by atoms with Crippen LogP contribution in [0.5, 0.6) is 0 Å². The molecular weight excluding hydrogens is 200 g/mol. The van der Waals surface area contributed by atoms with Gasteiger partial charge in [0.25, 0.3) is 0 Å². The zero-order valence-electron chi connectivity index (χ0n) is 6.77. The molecule has 6 heteroatoms. The summed E-state index contributed by atoms with van der Waals surface area (Å²) in [5.41, 5.74) is -1.40. The summed E-state index contributed by atoms with van der Waals surface area (Å²) < 4.78 is 49.0. The van der Waals surface area contributed by atoms with Gasteiger partial charge in [0.05, 0.1) is 18.1 Å². The molecule has 1 aromatic heterocycles. The molecule has 0 amide bonds. The first-order valence-corrected chi connectivity index (χ1v) is 3.53. The van der Waals surface area contributed by atoms with Gasteiger partial charge in [0.1, 0.15) is 0 Å². The molecule has 0 unspecified atom stereocenters. The van der Waals surface area contributed by atoms with Crippen LogP contribution in [0.3, 0.4) is 0 Å². The molecule has 0 fully saturated rings. The van der Waals surface area contributed by atoms with Gasteiger partial charge < -0.3 is 0 Å². The zero-order valence-corrected chi connectivity index (χ0v) is 6.77. The van der Waals surface area contributed by atoms with E-state index in [2.05, 4.69) is 4.98 Å². The van der Waals surface area contributed by atoms with Crippen molar-refractivity contribution in [1.29, 1.82) is 5.26 Å². The number of nitrogens with zero attached hydrogens (tertiary/aromatic N) is 2. The summed E-state index contributed by atoms with van der Waals surface area (Å²) in [6.07, 6.45) is -4.59. The van der Waals surface area contributed by atoms with E-state index in [0.717, 1.165) is 0 Å². The molecule has 74 valence electrons. The van der Waals surface area contributed by atoms with E-state index in [1.165, 1.54) is 0 Å². The zero-order chi connectivity index (χ0) is 10.8. The quantitative estimate of drug-likeness (QED) is 0.519. The molecule has 0 aliphatic rings. The monoisotopic (exact) mass is 204 g/mol. The van der Waals surface area contributed by atoms with Crippen molar-refractivity contribution in [2.45, 2.75) is 12.6 Å². The maximum Gasteiger partial charge on any atom is 0.417 e. The molecule has 0 radical (unpaired) electrons. The Morgan fingerprint density at radius 2 is 2.07 bits per heavy atom. The molecular formula is C8H4F4N2. The molecule has 0 spiro atoms. The van der Waals surface area contributed by atoms with Crippen LogP contribution in [0, 0.1) is 17.3 Å². The molecule has 14 heavy (non-hydrogen) atoms. The number of aromatic nitrogens is 1. The van der Waals surface area contributed by atoms with Gasteiger partial charge >= 0.3 is 6.18 Å². The fraction of sp³-hybridized carbons (Fsp3) is 0.250. The molecule has 0 aliphatic carbocycles. The average Bonchev–Trinajstić information content (AvgIpc) is 2.07. The molecule has 0 N–H and O–H groups in total. The minimum absolute atomic E-state index is 0.345. The lowest BCUT2D eigenvalue weighted by Gasteiger charge is -2.06. The van der Waals surface area contributed by atoms with Crippen molar-refractivity contribution in [3.8, 4) is 6.07 Å². The second kappa shape index (κ2) is 3.62. The second-order valence-corrected chi connectivity index (χ2v) is 2.51. The molecule has 1 aromatic rings. The minimum atomic E-state index is -4.56. The van der Waals surface area contributed by atoms with E-state index in [4.69, 9.17) is 5.26 Å². The van der Waals surface area contributed by atoms with Crippen LogP contribution >= 0.6 is 0 Å². The minimum Gasteiger partial charge on any atom is -0.227 e. The lowest BCUT2D eigenvalue weighted by molar-refractivity contribution is -0.137. The van der Waals surface area contributed by atoms with E-state index >= 15 is 0 Å². The van der Waals surface area contributed by atoms with Crippen LogP contribution in [0.4, 0.5) is 17.6 Å². The van der Waals surface area contributed by atoms with Crippen molar-refractivity contribution in [3.63, 3.8) is 0 Å². The van der Waals surface area contributed by atoms with Gasteiger partial charge in [-0.15, -0.1) is 0 Å². The summed E-state index contributed by atoms with van der Waals surface area (Å²) in [6.45, 7) is 0. The molecule has 0 aromatic carbocycles. The molecule has 0 aliphatic heterocycles. The summed E-state index contributed by atoms with van der Waals surface area (Å²) in [5, 5.41) is 8.21. The van der Waals surface area contributed by atoms with Crippen molar-refractivity contribution in [2.24, 2.45) is 0 Å². The van der Waals surface area contributed by atoms with E-state index in [9.17, 15) is 17.6 Å². The van der Waals surface area contributed by atoms with Crippen molar-refractivity contribution >= 4 is 0 Å². The maximum absolute atomic E-state index is 12.7. The van der Waals surface area contributed by atoms with Gasteiger partial charge in [-0.2, -0.15) is 22.8 Å². The molecule has 0 saturated carbocycles. The number of halogens is 4. The van der Waals surface area contributed by atoms with E-state index < -0.39 is 24.1 Å². The number of rotatable bonds is 1. The highest BCUT2D eigenvalue weighted by molar-refractivity contribution is 5.23. The molecule has 0 bridgehead atoms. The Bertz CT molecular complexity index is 378. The summed E-state index contributed by atoms with van der Waals surface area (Å²) in [7, 11) is 0. The molecule has 0 saturated heterocycles. The van der Waals surface area contributed by atoms with Crippen molar-refractivity contribution in [1.82, 2.24) is 4.98 Å². The van der Waals surface area contributed by atoms with Crippen LogP contribution in [0.2, 0.25) is 0 Å². The Hall–Kier alpha value is -1.64. The SMILES string of the molecule is N#CCc1cc(C(F)(F)F)cnc1F. The predicted octanol–water partition coefficient (Wildman–Crippen LogP) is 2.31. The summed E-state index contributed by atoms with van der Waals surface area (Å²) in [6, 6.07) is 2.14. The fourth-order valence-corrected chi connectivity index (χ4v) is 0.858. The number of nitriles is 1. The van der Waals surface area contributed by atoms with Crippen molar-refractivity contribution < 1.29 is 17.6 Å². The third-order valence-electron chi connectivity index (χ3n) is 1.51. The van der Waals surface area contributed by atoms with Crippen molar-refractivity contribution in [3.05, 3.63) is 29.3 Å². The average molecular weight is 204 g/mol. The third-order valence-corrected chi connectivity index (χ3v) is 1.51. The number of hydrogen-bond donors (Lipinski definition) is 0. The normalized spacial score (nSPS) is 11.1. The fourth-order valence-electron chi connectivity index (χ4n) is 0.858.